The van der Waals surface area contributed by atoms with Crippen molar-refractivity contribution in [3.05, 3.63) is 36.5 Å². The van der Waals surface area contributed by atoms with Gasteiger partial charge < -0.3 is 20.3 Å². The van der Waals surface area contributed by atoms with E-state index in [0.717, 1.165) is 83.5 Å². The molecule has 1 amide bonds. The minimum absolute atomic E-state index is 0.0703. The normalized spacial score (nSPS) is 13.6. The third-order valence-corrected chi connectivity index (χ3v) is 11.2. The Morgan fingerprint density at radius 1 is 0.526 bits per heavy atom. The van der Waals surface area contributed by atoms with Gasteiger partial charge in [0.1, 0.15) is 6.10 Å². The summed E-state index contributed by atoms with van der Waals surface area (Å²) in [5.74, 6) is -0.498. The van der Waals surface area contributed by atoms with Gasteiger partial charge in [-0.05, 0) is 57.8 Å². The molecule has 6 nitrogen and oxygen atoms in total. The summed E-state index contributed by atoms with van der Waals surface area (Å²) in [5.41, 5.74) is 0. The lowest BCUT2D eigenvalue weighted by molar-refractivity contribution is -0.151. The first-order valence-corrected chi connectivity index (χ1v) is 24.7. The van der Waals surface area contributed by atoms with Crippen LogP contribution in [0.25, 0.3) is 0 Å². The number of rotatable bonds is 44. The van der Waals surface area contributed by atoms with Gasteiger partial charge in [-0.25, -0.2) is 0 Å². The predicted molar refractivity (Wildman–Crippen MR) is 246 cm³/mol. The highest BCUT2D eigenvalue weighted by atomic mass is 16.5. The molecular formula is C51H95NO5. The van der Waals surface area contributed by atoms with Crippen LogP contribution in [0.3, 0.4) is 0 Å². The fourth-order valence-electron chi connectivity index (χ4n) is 7.50. The third kappa shape index (κ3) is 40.6. The van der Waals surface area contributed by atoms with Gasteiger partial charge in [0.2, 0.25) is 5.91 Å². The number of hydrogen-bond donors (Lipinski definition) is 3. The summed E-state index contributed by atoms with van der Waals surface area (Å²) in [4.78, 5) is 25.9. The maximum Gasteiger partial charge on any atom is 0.306 e. The fourth-order valence-corrected chi connectivity index (χ4v) is 7.50. The summed E-state index contributed by atoms with van der Waals surface area (Å²) in [6.07, 6.45) is 52.2. The zero-order valence-electron chi connectivity index (χ0n) is 38.0. The molecule has 0 saturated heterocycles. The zero-order chi connectivity index (χ0) is 41.7. The molecule has 57 heavy (non-hydrogen) atoms. The molecule has 0 fully saturated rings. The Labute approximate surface area is 353 Å². The highest BCUT2D eigenvalue weighted by Gasteiger charge is 2.24. The zero-order valence-corrected chi connectivity index (χ0v) is 38.0. The van der Waals surface area contributed by atoms with Crippen LogP contribution < -0.4 is 5.32 Å². The van der Waals surface area contributed by atoms with Gasteiger partial charge in [-0.3, -0.25) is 9.59 Å². The van der Waals surface area contributed by atoms with Crippen molar-refractivity contribution >= 4 is 11.9 Å². The minimum Gasteiger partial charge on any atom is -0.462 e. The van der Waals surface area contributed by atoms with Crippen LogP contribution in [0.5, 0.6) is 0 Å². The molecule has 334 valence electrons. The van der Waals surface area contributed by atoms with Crippen molar-refractivity contribution in [3.63, 3.8) is 0 Å². The van der Waals surface area contributed by atoms with Crippen molar-refractivity contribution in [2.75, 3.05) is 6.61 Å². The van der Waals surface area contributed by atoms with E-state index in [0.29, 0.717) is 19.3 Å². The Morgan fingerprint density at radius 2 is 0.947 bits per heavy atom. The summed E-state index contributed by atoms with van der Waals surface area (Å²) in [6, 6.07) is -0.701. The number of nitrogens with one attached hydrogen (secondary N) is 1. The van der Waals surface area contributed by atoms with Crippen molar-refractivity contribution < 1.29 is 24.5 Å². The Bertz CT molecular complexity index is 946. The van der Waals surface area contributed by atoms with Crippen molar-refractivity contribution in [3.8, 4) is 0 Å². The van der Waals surface area contributed by atoms with Crippen molar-refractivity contribution in [1.82, 2.24) is 5.32 Å². The van der Waals surface area contributed by atoms with Gasteiger partial charge in [-0.1, -0.05) is 218 Å². The molecule has 0 rings (SSSR count). The van der Waals surface area contributed by atoms with Gasteiger partial charge in [-0.15, -0.1) is 0 Å². The highest BCUT2D eigenvalue weighted by molar-refractivity contribution is 5.77. The Morgan fingerprint density at radius 3 is 1.44 bits per heavy atom. The Balaban J connectivity index is 4.36. The van der Waals surface area contributed by atoms with E-state index in [4.69, 9.17) is 4.74 Å². The minimum atomic E-state index is -0.787. The van der Waals surface area contributed by atoms with Crippen LogP contribution in [0, 0.1) is 0 Å². The third-order valence-electron chi connectivity index (χ3n) is 11.2. The molecule has 0 aromatic rings. The SMILES string of the molecule is CC/C=C/C/C=C/C/C=C/CCCCCCC(=O)OC(CCCCCCCCC)CC(=O)NC(CO)C(O)CCCCCCCCCCCCCCCCCCC. The Kier molecular flexibility index (Phi) is 43.6. The van der Waals surface area contributed by atoms with E-state index < -0.39 is 18.2 Å². The maximum absolute atomic E-state index is 13.1. The summed E-state index contributed by atoms with van der Waals surface area (Å²) in [5, 5.41) is 23.7. The number of hydrogen-bond acceptors (Lipinski definition) is 5. The van der Waals surface area contributed by atoms with E-state index in [1.807, 2.05) is 0 Å². The van der Waals surface area contributed by atoms with Crippen LogP contribution in [0.4, 0.5) is 0 Å². The molecule has 0 radical (unpaired) electrons. The number of carbonyl (C=O) groups excluding carboxylic acids is 2. The number of esters is 1. The second-order valence-electron chi connectivity index (χ2n) is 16.8. The number of amides is 1. The van der Waals surface area contributed by atoms with Gasteiger partial charge in [0, 0.05) is 6.42 Å². The van der Waals surface area contributed by atoms with Gasteiger partial charge in [0.05, 0.1) is 25.2 Å². The van der Waals surface area contributed by atoms with Crippen molar-refractivity contribution in [2.24, 2.45) is 0 Å². The summed E-state index contributed by atoms with van der Waals surface area (Å²) in [7, 11) is 0. The van der Waals surface area contributed by atoms with Crippen LogP contribution in [0.15, 0.2) is 36.5 Å². The molecule has 6 heteroatoms. The first-order valence-electron chi connectivity index (χ1n) is 24.7. The quantitative estimate of drug-likeness (QED) is 0.0324. The van der Waals surface area contributed by atoms with E-state index in [1.54, 1.807) is 0 Å². The lowest BCUT2D eigenvalue weighted by atomic mass is 10.0. The molecule has 0 aromatic carbocycles. The molecule has 0 aliphatic carbocycles. The summed E-state index contributed by atoms with van der Waals surface area (Å²) >= 11 is 0. The molecule has 3 atom stereocenters. The van der Waals surface area contributed by atoms with Crippen molar-refractivity contribution in [1.29, 1.82) is 0 Å². The summed E-state index contributed by atoms with van der Waals surface area (Å²) in [6.45, 7) is 6.34. The smallest absolute Gasteiger partial charge is 0.306 e. The van der Waals surface area contributed by atoms with Gasteiger partial charge >= 0.3 is 5.97 Å². The predicted octanol–water partition coefficient (Wildman–Crippen LogP) is 14.5. The number of ether oxygens (including phenoxy) is 1. The van der Waals surface area contributed by atoms with Gasteiger partial charge in [-0.2, -0.15) is 0 Å². The first kappa shape index (κ1) is 55.1. The molecule has 0 spiro atoms. The van der Waals surface area contributed by atoms with Crippen molar-refractivity contribution in [2.45, 2.75) is 270 Å². The second-order valence-corrected chi connectivity index (χ2v) is 16.8. The van der Waals surface area contributed by atoms with Gasteiger partial charge in [0.15, 0.2) is 0 Å². The second kappa shape index (κ2) is 45.2. The van der Waals surface area contributed by atoms with E-state index in [9.17, 15) is 19.8 Å². The standard InChI is InChI=1S/C51H95NO5/c1-4-7-10-13-16-18-20-22-24-25-26-27-29-31-34-37-40-43-49(54)48(46-53)52-50(55)45-47(42-39-36-33-15-12-9-6-3)57-51(56)44-41-38-35-32-30-28-23-21-19-17-14-11-8-5-2/h8,11,17,19,23,28,47-49,53-54H,4-7,9-10,12-16,18,20-22,24-27,29-46H2,1-3H3,(H,52,55)/b11-8+,19-17+,28-23+. The van der Waals surface area contributed by atoms with Crippen LogP contribution in [-0.2, 0) is 14.3 Å². The number of unbranched alkanes of at least 4 members (excludes halogenated alkanes) is 26. The molecule has 3 unspecified atom stereocenters. The summed E-state index contributed by atoms with van der Waals surface area (Å²) < 4.78 is 5.88. The lowest BCUT2D eigenvalue weighted by Crippen LogP contribution is -2.46. The lowest BCUT2D eigenvalue weighted by Gasteiger charge is -2.24. The number of allylic oxidation sites excluding steroid dienone is 6. The van der Waals surface area contributed by atoms with Crippen LogP contribution in [0.1, 0.15) is 252 Å². The average molecular weight is 802 g/mol. The van der Waals surface area contributed by atoms with E-state index in [2.05, 4.69) is 62.5 Å². The molecule has 0 aromatic heterocycles. The molecule has 0 heterocycles. The monoisotopic (exact) mass is 802 g/mol. The van der Waals surface area contributed by atoms with Crippen LogP contribution in [0.2, 0.25) is 0 Å². The van der Waals surface area contributed by atoms with Crippen LogP contribution >= 0.6 is 0 Å². The largest absolute Gasteiger partial charge is 0.462 e. The first-order chi connectivity index (χ1) is 28.0. The van der Waals surface area contributed by atoms with E-state index in [-0.39, 0.29) is 24.9 Å². The molecule has 0 aliphatic heterocycles. The number of aliphatic hydroxyl groups is 2. The molecule has 0 bridgehead atoms. The van der Waals surface area contributed by atoms with Gasteiger partial charge in [0.25, 0.3) is 0 Å². The molecule has 0 aliphatic rings. The Hall–Kier alpha value is -1.92. The van der Waals surface area contributed by atoms with E-state index >= 15 is 0 Å². The molecular weight excluding hydrogens is 707 g/mol. The maximum atomic E-state index is 13.1. The highest BCUT2D eigenvalue weighted by Crippen LogP contribution is 2.18. The fraction of sp³-hybridized carbons (Fsp3) is 0.843. The average Bonchev–Trinajstić information content (AvgIpc) is 3.20. The molecule has 0 saturated carbocycles. The number of aliphatic hydroxyl groups excluding tert-OH is 2. The van der Waals surface area contributed by atoms with Crippen LogP contribution in [-0.4, -0.2) is 46.9 Å². The topological polar surface area (TPSA) is 95.9 Å². The number of carbonyl (C=O) groups is 2. The molecule has 3 N–H and O–H groups in total. The van der Waals surface area contributed by atoms with E-state index in [1.165, 1.54) is 122 Å².